The van der Waals surface area contributed by atoms with Gasteiger partial charge in [0.15, 0.2) is 0 Å². The van der Waals surface area contributed by atoms with E-state index in [4.69, 9.17) is 11.0 Å². The van der Waals surface area contributed by atoms with Crippen molar-refractivity contribution in [3.8, 4) is 6.07 Å². The van der Waals surface area contributed by atoms with Gasteiger partial charge in [-0.15, -0.1) is 0 Å². The Balaban J connectivity index is 2.33. The molecule has 0 bridgehead atoms. The average molecular weight is 284 g/mol. The highest BCUT2D eigenvalue weighted by Crippen LogP contribution is 2.39. The van der Waals surface area contributed by atoms with Gasteiger partial charge in [0.05, 0.1) is 23.1 Å². The summed E-state index contributed by atoms with van der Waals surface area (Å²) in [5, 5.41) is 8.95. The number of carbonyl (C=O) groups excluding carboxylic acids is 1. The lowest BCUT2D eigenvalue weighted by Crippen LogP contribution is -2.37. The first-order valence-corrected chi connectivity index (χ1v) is 5.79. The van der Waals surface area contributed by atoms with E-state index < -0.39 is 30.5 Å². The average Bonchev–Trinajstić information content (AvgIpc) is 2.83. The predicted molar refractivity (Wildman–Crippen MR) is 63.4 cm³/mol. The SMILES string of the molecule is N#Cc1cnccc1N1C[C@@H](C(F)(F)F)[C@H](C(N)=O)C1. The Labute approximate surface area is 112 Å². The van der Waals surface area contributed by atoms with E-state index in [1.54, 1.807) is 0 Å². The Morgan fingerprint density at radius 3 is 2.70 bits per heavy atom. The molecule has 5 nitrogen and oxygen atoms in total. The molecule has 8 heteroatoms. The first kappa shape index (κ1) is 14.1. The molecule has 106 valence electrons. The number of hydrogen-bond acceptors (Lipinski definition) is 4. The standard InChI is InChI=1S/C12H11F3N4O/c13-12(14,15)9-6-19(5-8(9)11(17)20)10-1-2-18-4-7(10)3-16/h1-2,4,8-9H,5-6H2,(H2,17,20)/t8-,9-/m1/s1. The van der Waals surface area contributed by atoms with Crippen LogP contribution in [0.1, 0.15) is 5.56 Å². The molecule has 2 heterocycles. The fourth-order valence-corrected chi connectivity index (χ4v) is 2.37. The lowest BCUT2D eigenvalue weighted by molar-refractivity contribution is -0.181. The highest BCUT2D eigenvalue weighted by molar-refractivity contribution is 5.79. The molecule has 1 aromatic rings. The van der Waals surface area contributed by atoms with Crippen LogP contribution < -0.4 is 10.6 Å². The van der Waals surface area contributed by atoms with Gasteiger partial charge in [0, 0.05) is 25.5 Å². The van der Waals surface area contributed by atoms with Crippen molar-refractivity contribution in [1.29, 1.82) is 5.26 Å². The van der Waals surface area contributed by atoms with Gasteiger partial charge in [0.2, 0.25) is 5.91 Å². The number of pyridine rings is 1. The summed E-state index contributed by atoms with van der Waals surface area (Å²) in [4.78, 5) is 16.3. The number of aromatic nitrogens is 1. The second-order valence-corrected chi connectivity index (χ2v) is 4.57. The summed E-state index contributed by atoms with van der Waals surface area (Å²) in [7, 11) is 0. The third-order valence-electron chi connectivity index (χ3n) is 3.36. The quantitative estimate of drug-likeness (QED) is 0.880. The molecule has 1 aliphatic rings. The van der Waals surface area contributed by atoms with Crippen LogP contribution in [-0.2, 0) is 4.79 Å². The number of nitriles is 1. The summed E-state index contributed by atoms with van der Waals surface area (Å²) in [6.45, 7) is -0.548. The van der Waals surface area contributed by atoms with Crippen LogP contribution in [0.4, 0.5) is 18.9 Å². The molecule has 20 heavy (non-hydrogen) atoms. The molecule has 1 fully saturated rings. The van der Waals surface area contributed by atoms with E-state index in [1.807, 2.05) is 6.07 Å². The van der Waals surface area contributed by atoms with Crippen LogP contribution >= 0.6 is 0 Å². The van der Waals surface area contributed by atoms with E-state index >= 15 is 0 Å². The minimum Gasteiger partial charge on any atom is -0.369 e. The zero-order valence-electron chi connectivity index (χ0n) is 10.3. The molecule has 1 amide bonds. The Bertz CT molecular complexity index is 567. The number of anilines is 1. The van der Waals surface area contributed by atoms with Crippen LogP contribution in [0, 0.1) is 23.2 Å². The maximum atomic E-state index is 12.9. The van der Waals surface area contributed by atoms with Crippen molar-refractivity contribution in [3.05, 3.63) is 24.0 Å². The van der Waals surface area contributed by atoms with Crippen LogP contribution in [0.5, 0.6) is 0 Å². The Kier molecular flexibility index (Phi) is 3.53. The van der Waals surface area contributed by atoms with Crippen LogP contribution in [-0.4, -0.2) is 30.2 Å². The lowest BCUT2D eigenvalue weighted by Gasteiger charge is -2.20. The third-order valence-corrected chi connectivity index (χ3v) is 3.36. The molecule has 0 radical (unpaired) electrons. The monoisotopic (exact) mass is 284 g/mol. The second-order valence-electron chi connectivity index (χ2n) is 4.57. The summed E-state index contributed by atoms with van der Waals surface area (Å²) < 4.78 is 38.8. The molecule has 0 unspecified atom stereocenters. The molecular weight excluding hydrogens is 273 g/mol. The van der Waals surface area contributed by atoms with Crippen LogP contribution in [0.15, 0.2) is 18.5 Å². The van der Waals surface area contributed by atoms with Gasteiger partial charge in [-0.3, -0.25) is 9.78 Å². The number of nitrogens with zero attached hydrogens (tertiary/aromatic N) is 3. The second kappa shape index (κ2) is 5.00. The number of alkyl halides is 3. The summed E-state index contributed by atoms with van der Waals surface area (Å²) in [6.07, 6.45) is -1.85. The molecule has 1 aromatic heterocycles. The molecule has 2 rings (SSSR count). The maximum absolute atomic E-state index is 12.9. The van der Waals surface area contributed by atoms with E-state index in [0.717, 1.165) is 0 Å². The van der Waals surface area contributed by atoms with Crippen LogP contribution in [0.3, 0.4) is 0 Å². The molecule has 0 aliphatic carbocycles. The predicted octanol–water partition coefficient (Wildman–Crippen LogP) is 1.05. The number of nitrogens with two attached hydrogens (primary N) is 1. The fraction of sp³-hybridized carbons (Fsp3) is 0.417. The van der Waals surface area contributed by atoms with Gasteiger partial charge in [-0.1, -0.05) is 0 Å². The van der Waals surface area contributed by atoms with Crippen molar-refractivity contribution in [2.75, 3.05) is 18.0 Å². The third kappa shape index (κ3) is 2.52. The van der Waals surface area contributed by atoms with Gasteiger partial charge < -0.3 is 10.6 Å². The summed E-state index contributed by atoms with van der Waals surface area (Å²) in [5.74, 6) is -4.11. The Hall–Kier alpha value is -2.30. The zero-order valence-corrected chi connectivity index (χ0v) is 10.3. The topological polar surface area (TPSA) is 83.0 Å². The molecular formula is C12H11F3N4O. The molecule has 2 atom stereocenters. The Morgan fingerprint density at radius 2 is 2.20 bits per heavy atom. The maximum Gasteiger partial charge on any atom is 0.394 e. The van der Waals surface area contributed by atoms with E-state index in [0.29, 0.717) is 5.69 Å². The number of carbonyl (C=O) groups is 1. The molecule has 0 aromatic carbocycles. The van der Waals surface area contributed by atoms with Gasteiger partial charge in [-0.2, -0.15) is 18.4 Å². The minimum absolute atomic E-state index is 0.155. The Morgan fingerprint density at radius 1 is 1.50 bits per heavy atom. The summed E-state index contributed by atoms with van der Waals surface area (Å²) >= 11 is 0. The number of primary amides is 1. The number of halogens is 3. The van der Waals surface area contributed by atoms with Crippen LogP contribution in [0.25, 0.3) is 0 Å². The highest BCUT2D eigenvalue weighted by Gasteiger charge is 2.52. The summed E-state index contributed by atoms with van der Waals surface area (Å²) in [6, 6.07) is 3.32. The fourth-order valence-electron chi connectivity index (χ4n) is 2.37. The molecule has 1 saturated heterocycles. The van der Waals surface area contributed by atoms with Crippen molar-refractivity contribution >= 4 is 11.6 Å². The van der Waals surface area contributed by atoms with Crippen LogP contribution in [0.2, 0.25) is 0 Å². The molecule has 0 saturated carbocycles. The molecule has 2 N–H and O–H groups in total. The van der Waals surface area contributed by atoms with Gasteiger partial charge in [-0.05, 0) is 6.07 Å². The minimum atomic E-state index is -4.51. The first-order chi connectivity index (χ1) is 9.34. The summed E-state index contributed by atoms with van der Waals surface area (Å²) in [5.41, 5.74) is 5.55. The largest absolute Gasteiger partial charge is 0.394 e. The number of hydrogen-bond donors (Lipinski definition) is 1. The smallest absolute Gasteiger partial charge is 0.369 e. The van der Waals surface area contributed by atoms with Crippen molar-refractivity contribution in [3.63, 3.8) is 0 Å². The highest BCUT2D eigenvalue weighted by atomic mass is 19.4. The molecule has 1 aliphatic heterocycles. The zero-order chi connectivity index (χ0) is 14.9. The van der Waals surface area contributed by atoms with Gasteiger partial charge in [0.1, 0.15) is 6.07 Å². The van der Waals surface area contributed by atoms with Crippen molar-refractivity contribution in [2.45, 2.75) is 6.18 Å². The van der Waals surface area contributed by atoms with Gasteiger partial charge in [0.25, 0.3) is 0 Å². The van der Waals surface area contributed by atoms with E-state index in [2.05, 4.69) is 4.98 Å². The van der Waals surface area contributed by atoms with Crippen molar-refractivity contribution in [1.82, 2.24) is 4.98 Å². The number of amides is 1. The normalized spacial score (nSPS) is 22.6. The van der Waals surface area contributed by atoms with E-state index in [9.17, 15) is 18.0 Å². The van der Waals surface area contributed by atoms with Crippen molar-refractivity contribution in [2.24, 2.45) is 17.6 Å². The lowest BCUT2D eigenvalue weighted by atomic mass is 9.95. The van der Waals surface area contributed by atoms with E-state index in [1.165, 1.54) is 23.4 Å². The first-order valence-electron chi connectivity index (χ1n) is 5.79. The molecule has 0 spiro atoms. The van der Waals surface area contributed by atoms with E-state index in [-0.39, 0.29) is 12.1 Å². The van der Waals surface area contributed by atoms with Gasteiger partial charge >= 0.3 is 6.18 Å². The van der Waals surface area contributed by atoms with Crippen molar-refractivity contribution < 1.29 is 18.0 Å². The van der Waals surface area contributed by atoms with Gasteiger partial charge in [-0.25, -0.2) is 0 Å². The number of rotatable bonds is 2.